The maximum Gasteiger partial charge on any atom is 0.282 e. The van der Waals surface area contributed by atoms with Crippen molar-refractivity contribution < 1.29 is 18.0 Å². The molecule has 0 N–H and O–H groups in total. The molecule has 0 aliphatic heterocycles. The molecule has 1 saturated carbocycles. The Hall–Kier alpha value is -2.91. The first-order chi connectivity index (χ1) is 12.1. The summed E-state index contributed by atoms with van der Waals surface area (Å²) in [4.78, 5) is 12.2. The summed E-state index contributed by atoms with van der Waals surface area (Å²) in [7, 11) is 1.49. The molecule has 3 heterocycles. The first-order valence-electron chi connectivity index (χ1n) is 7.69. The van der Waals surface area contributed by atoms with Crippen LogP contribution in [-0.4, -0.2) is 37.0 Å². The molecular weight excluding hydrogens is 334 g/mol. The Morgan fingerprint density at radius 2 is 2.16 bits per heavy atom. The van der Waals surface area contributed by atoms with Crippen LogP contribution in [-0.2, 0) is 6.54 Å². The van der Waals surface area contributed by atoms with Gasteiger partial charge in [0.2, 0.25) is 17.6 Å². The molecule has 0 radical (unpaired) electrons. The van der Waals surface area contributed by atoms with Crippen molar-refractivity contribution in [3.8, 4) is 17.4 Å². The van der Waals surface area contributed by atoms with E-state index in [1.807, 2.05) is 0 Å². The maximum absolute atomic E-state index is 12.9. The lowest BCUT2D eigenvalue weighted by atomic mass is 10.2. The van der Waals surface area contributed by atoms with Crippen LogP contribution in [0, 0.1) is 0 Å². The van der Waals surface area contributed by atoms with E-state index in [4.69, 9.17) is 9.26 Å². The zero-order valence-corrected chi connectivity index (χ0v) is 13.3. The van der Waals surface area contributed by atoms with Gasteiger partial charge in [-0.05, 0) is 18.9 Å². The number of rotatable bonds is 6. The number of alkyl halides is 2. The minimum atomic E-state index is -2.61. The van der Waals surface area contributed by atoms with Crippen LogP contribution in [0.25, 0.3) is 11.5 Å². The van der Waals surface area contributed by atoms with Crippen LogP contribution in [0.3, 0.4) is 0 Å². The molecule has 1 fully saturated rings. The molecule has 10 heteroatoms. The smallest absolute Gasteiger partial charge is 0.282 e. The zero-order chi connectivity index (χ0) is 17.4. The third-order valence-electron chi connectivity index (χ3n) is 3.88. The van der Waals surface area contributed by atoms with Crippen LogP contribution in [0.5, 0.6) is 5.88 Å². The average molecular weight is 348 g/mol. The average Bonchev–Trinajstić information content (AvgIpc) is 3.20. The van der Waals surface area contributed by atoms with Gasteiger partial charge in [0.05, 0.1) is 7.11 Å². The molecule has 0 spiro atoms. The molecule has 3 aromatic heterocycles. The van der Waals surface area contributed by atoms with Crippen molar-refractivity contribution in [2.45, 2.75) is 31.7 Å². The fraction of sp³-hybridized carbons (Fsp3) is 0.400. The molecular formula is C15H14F2N6O2. The highest BCUT2D eigenvalue weighted by Gasteiger charge is 2.30. The highest BCUT2D eigenvalue weighted by molar-refractivity contribution is 5.49. The Morgan fingerprint density at radius 1 is 1.32 bits per heavy atom. The second kappa shape index (κ2) is 6.19. The zero-order valence-electron chi connectivity index (χ0n) is 13.3. The number of hydrogen-bond acceptors (Lipinski definition) is 7. The first-order valence-corrected chi connectivity index (χ1v) is 7.69. The van der Waals surface area contributed by atoms with E-state index in [0.717, 1.165) is 18.5 Å². The molecule has 25 heavy (non-hydrogen) atoms. The lowest BCUT2D eigenvalue weighted by Crippen LogP contribution is -2.06. The minimum Gasteiger partial charge on any atom is -0.481 e. The largest absolute Gasteiger partial charge is 0.481 e. The quantitative estimate of drug-likeness (QED) is 0.676. The van der Waals surface area contributed by atoms with Crippen LogP contribution >= 0.6 is 0 Å². The summed E-state index contributed by atoms with van der Waals surface area (Å²) in [5.74, 6) is 1.18. The van der Waals surface area contributed by atoms with E-state index >= 15 is 0 Å². The SMILES string of the molecule is COc1cc(-c2noc(Cn3nc(C(F)F)cc3C3CC3)n2)ncn1. The van der Waals surface area contributed by atoms with Crippen LogP contribution in [0.4, 0.5) is 8.78 Å². The molecule has 1 aliphatic carbocycles. The Bertz CT molecular complexity index is 890. The van der Waals surface area contributed by atoms with E-state index in [1.165, 1.54) is 24.2 Å². The van der Waals surface area contributed by atoms with Crippen LogP contribution in [0.2, 0.25) is 0 Å². The van der Waals surface area contributed by atoms with Gasteiger partial charge in [0.1, 0.15) is 24.3 Å². The normalized spacial score (nSPS) is 14.2. The lowest BCUT2D eigenvalue weighted by Gasteiger charge is -2.02. The fourth-order valence-corrected chi connectivity index (χ4v) is 2.52. The van der Waals surface area contributed by atoms with Gasteiger partial charge in [0.25, 0.3) is 6.43 Å². The predicted molar refractivity (Wildman–Crippen MR) is 80.1 cm³/mol. The number of nitrogens with zero attached hydrogens (tertiary/aromatic N) is 6. The van der Waals surface area contributed by atoms with E-state index in [-0.39, 0.29) is 29.9 Å². The van der Waals surface area contributed by atoms with Gasteiger partial charge in [-0.2, -0.15) is 10.1 Å². The molecule has 0 amide bonds. The molecule has 130 valence electrons. The van der Waals surface area contributed by atoms with Gasteiger partial charge in [-0.3, -0.25) is 4.68 Å². The summed E-state index contributed by atoms with van der Waals surface area (Å²) in [6.07, 6.45) is 0.678. The van der Waals surface area contributed by atoms with E-state index in [9.17, 15) is 8.78 Å². The molecule has 0 bridgehead atoms. The van der Waals surface area contributed by atoms with E-state index < -0.39 is 6.43 Å². The summed E-state index contributed by atoms with van der Waals surface area (Å²) in [5, 5.41) is 7.84. The maximum atomic E-state index is 12.9. The topological polar surface area (TPSA) is 91.8 Å². The van der Waals surface area contributed by atoms with Gasteiger partial charge in [-0.15, -0.1) is 0 Å². The Balaban J connectivity index is 1.59. The molecule has 0 aromatic carbocycles. The highest BCUT2D eigenvalue weighted by atomic mass is 19.3. The Labute approximate surface area is 140 Å². The third kappa shape index (κ3) is 3.19. The second-order valence-corrected chi connectivity index (χ2v) is 5.68. The van der Waals surface area contributed by atoms with Gasteiger partial charge >= 0.3 is 0 Å². The van der Waals surface area contributed by atoms with Crippen molar-refractivity contribution in [2.75, 3.05) is 7.11 Å². The predicted octanol–water partition coefficient (Wildman–Crippen LogP) is 2.60. The van der Waals surface area contributed by atoms with Crippen LogP contribution < -0.4 is 4.74 Å². The molecule has 3 aromatic rings. The van der Waals surface area contributed by atoms with Crippen molar-refractivity contribution in [3.05, 3.63) is 35.7 Å². The molecule has 8 nitrogen and oxygen atoms in total. The monoisotopic (exact) mass is 348 g/mol. The molecule has 4 rings (SSSR count). The van der Waals surface area contributed by atoms with E-state index in [0.29, 0.717) is 11.6 Å². The van der Waals surface area contributed by atoms with Gasteiger partial charge in [0, 0.05) is 17.7 Å². The molecule has 0 atom stereocenters. The van der Waals surface area contributed by atoms with Crippen molar-refractivity contribution in [1.29, 1.82) is 0 Å². The summed E-state index contributed by atoms with van der Waals surface area (Å²) < 4.78 is 37.6. The van der Waals surface area contributed by atoms with Gasteiger partial charge in [-0.25, -0.2) is 18.7 Å². The van der Waals surface area contributed by atoms with Crippen molar-refractivity contribution >= 4 is 0 Å². The first kappa shape index (κ1) is 15.6. The summed E-state index contributed by atoms with van der Waals surface area (Å²) in [5.41, 5.74) is 0.985. The van der Waals surface area contributed by atoms with Crippen molar-refractivity contribution in [3.63, 3.8) is 0 Å². The van der Waals surface area contributed by atoms with E-state index in [2.05, 4.69) is 25.2 Å². The lowest BCUT2D eigenvalue weighted by molar-refractivity contribution is 0.145. The number of aromatic nitrogens is 6. The molecule has 1 aliphatic rings. The third-order valence-corrected chi connectivity index (χ3v) is 3.88. The Kier molecular flexibility index (Phi) is 3.86. The number of ether oxygens (including phenoxy) is 1. The van der Waals surface area contributed by atoms with E-state index in [1.54, 1.807) is 6.07 Å². The van der Waals surface area contributed by atoms with Gasteiger partial charge in [-0.1, -0.05) is 5.16 Å². The minimum absolute atomic E-state index is 0.133. The standard InChI is InChI=1S/C15H14F2N6O2/c1-24-12-5-10(18-7-19-12)15-20-13(25-22-15)6-23-11(8-2-3-8)4-9(21-23)14(16)17/h4-5,7-8,14H,2-3,6H2,1H3. The number of methoxy groups -OCH3 is 1. The molecule has 0 unspecified atom stereocenters. The number of halogens is 2. The summed E-state index contributed by atoms with van der Waals surface area (Å²) in [6.45, 7) is 0.133. The van der Waals surface area contributed by atoms with Gasteiger partial charge < -0.3 is 9.26 Å². The van der Waals surface area contributed by atoms with Gasteiger partial charge in [0.15, 0.2) is 0 Å². The Morgan fingerprint density at radius 3 is 2.88 bits per heavy atom. The van der Waals surface area contributed by atoms with Crippen LogP contribution in [0.15, 0.2) is 23.0 Å². The second-order valence-electron chi connectivity index (χ2n) is 5.68. The summed E-state index contributed by atoms with van der Waals surface area (Å²) in [6, 6.07) is 3.03. The van der Waals surface area contributed by atoms with Crippen molar-refractivity contribution in [2.24, 2.45) is 0 Å². The fourth-order valence-electron chi connectivity index (χ4n) is 2.52. The number of hydrogen-bond donors (Lipinski definition) is 0. The summed E-state index contributed by atoms with van der Waals surface area (Å²) >= 11 is 0. The molecule has 0 saturated heterocycles. The van der Waals surface area contributed by atoms with Crippen molar-refractivity contribution in [1.82, 2.24) is 29.9 Å². The van der Waals surface area contributed by atoms with Crippen LogP contribution in [0.1, 0.15) is 42.5 Å². The highest BCUT2D eigenvalue weighted by Crippen LogP contribution is 2.41.